The van der Waals surface area contributed by atoms with Gasteiger partial charge >= 0.3 is 0 Å². The Balaban J connectivity index is 2.90. The van der Waals surface area contributed by atoms with Gasteiger partial charge in [-0.1, -0.05) is 39.0 Å². The second-order valence-electron chi connectivity index (χ2n) is 6.35. The van der Waals surface area contributed by atoms with Crippen molar-refractivity contribution in [2.75, 3.05) is 0 Å². The monoisotopic (exact) mass is 270 g/mol. The SMILES string of the molecule is CC(C)(C)CC(C)(C)OS(=O)(=O)c1ccccc1. The van der Waals surface area contributed by atoms with E-state index in [4.69, 9.17) is 4.18 Å². The van der Waals surface area contributed by atoms with Gasteiger partial charge in [-0.2, -0.15) is 8.42 Å². The van der Waals surface area contributed by atoms with E-state index < -0.39 is 15.7 Å². The topological polar surface area (TPSA) is 43.4 Å². The quantitative estimate of drug-likeness (QED) is 0.785. The van der Waals surface area contributed by atoms with Gasteiger partial charge in [0.2, 0.25) is 0 Å². The van der Waals surface area contributed by atoms with Gasteiger partial charge in [-0.3, -0.25) is 4.18 Å². The minimum atomic E-state index is -3.69. The summed E-state index contributed by atoms with van der Waals surface area (Å²) in [4.78, 5) is 0.201. The van der Waals surface area contributed by atoms with Crippen molar-refractivity contribution in [2.45, 2.75) is 51.5 Å². The molecule has 102 valence electrons. The van der Waals surface area contributed by atoms with Gasteiger partial charge in [-0.05, 0) is 37.8 Å². The van der Waals surface area contributed by atoms with E-state index in [1.807, 2.05) is 0 Å². The molecule has 0 aliphatic rings. The van der Waals surface area contributed by atoms with Crippen LogP contribution in [0.25, 0.3) is 0 Å². The third-order valence-electron chi connectivity index (χ3n) is 2.32. The van der Waals surface area contributed by atoms with Crippen LogP contribution in [-0.2, 0) is 14.3 Å². The van der Waals surface area contributed by atoms with E-state index in [2.05, 4.69) is 20.8 Å². The molecule has 0 bridgehead atoms. The molecule has 0 heterocycles. The van der Waals surface area contributed by atoms with E-state index in [0.29, 0.717) is 6.42 Å². The summed E-state index contributed by atoms with van der Waals surface area (Å²) >= 11 is 0. The summed E-state index contributed by atoms with van der Waals surface area (Å²) in [6, 6.07) is 8.24. The van der Waals surface area contributed by atoms with Crippen LogP contribution in [0.5, 0.6) is 0 Å². The molecular formula is C14H22O3S. The Morgan fingerprint density at radius 1 is 1.00 bits per heavy atom. The van der Waals surface area contributed by atoms with Crippen LogP contribution >= 0.6 is 0 Å². The van der Waals surface area contributed by atoms with Gasteiger partial charge in [0.05, 0.1) is 10.5 Å². The summed E-state index contributed by atoms with van der Waals surface area (Å²) in [5.41, 5.74) is -0.706. The third kappa shape index (κ3) is 4.78. The van der Waals surface area contributed by atoms with Crippen molar-refractivity contribution in [2.24, 2.45) is 5.41 Å². The Bertz CT molecular complexity index is 482. The molecular weight excluding hydrogens is 248 g/mol. The first-order valence-corrected chi connectivity index (χ1v) is 7.43. The first-order valence-electron chi connectivity index (χ1n) is 6.03. The average molecular weight is 270 g/mol. The number of hydrogen-bond donors (Lipinski definition) is 0. The number of rotatable bonds is 4. The van der Waals surface area contributed by atoms with Crippen molar-refractivity contribution in [3.63, 3.8) is 0 Å². The van der Waals surface area contributed by atoms with Gasteiger partial charge in [0.25, 0.3) is 10.1 Å². The molecule has 0 saturated carbocycles. The van der Waals surface area contributed by atoms with E-state index in [0.717, 1.165) is 0 Å². The van der Waals surface area contributed by atoms with Gasteiger partial charge < -0.3 is 0 Å². The third-order valence-corrected chi connectivity index (χ3v) is 3.84. The Morgan fingerprint density at radius 3 is 1.94 bits per heavy atom. The maximum Gasteiger partial charge on any atom is 0.297 e. The number of benzene rings is 1. The molecule has 0 N–H and O–H groups in total. The van der Waals surface area contributed by atoms with E-state index in [1.165, 1.54) is 0 Å². The van der Waals surface area contributed by atoms with Crippen LogP contribution in [0.3, 0.4) is 0 Å². The molecule has 0 saturated heterocycles. The van der Waals surface area contributed by atoms with E-state index in [9.17, 15) is 8.42 Å². The highest BCUT2D eigenvalue weighted by molar-refractivity contribution is 7.86. The standard InChI is InChI=1S/C14H22O3S/c1-13(2,3)11-14(4,5)17-18(15,16)12-9-7-6-8-10-12/h6-10H,11H2,1-5H3. The lowest BCUT2D eigenvalue weighted by Crippen LogP contribution is -2.32. The largest absolute Gasteiger partial charge is 0.297 e. The maximum absolute atomic E-state index is 12.1. The molecule has 1 aromatic carbocycles. The van der Waals surface area contributed by atoms with E-state index in [-0.39, 0.29) is 10.3 Å². The first-order chi connectivity index (χ1) is 8.02. The van der Waals surface area contributed by atoms with Gasteiger partial charge in [0.1, 0.15) is 0 Å². The van der Waals surface area contributed by atoms with Crippen molar-refractivity contribution in [1.82, 2.24) is 0 Å². The van der Waals surface area contributed by atoms with Crippen LogP contribution < -0.4 is 0 Å². The minimum absolute atomic E-state index is 0.00963. The van der Waals surface area contributed by atoms with E-state index in [1.54, 1.807) is 44.2 Å². The summed E-state index contributed by atoms with van der Waals surface area (Å²) in [6.07, 6.45) is 0.659. The predicted molar refractivity (Wildman–Crippen MR) is 72.9 cm³/mol. The first kappa shape index (κ1) is 15.2. The van der Waals surface area contributed by atoms with Crippen molar-refractivity contribution in [3.05, 3.63) is 30.3 Å². The van der Waals surface area contributed by atoms with Crippen LogP contribution in [0.4, 0.5) is 0 Å². The zero-order valence-electron chi connectivity index (χ0n) is 11.7. The molecule has 0 fully saturated rings. The lowest BCUT2D eigenvalue weighted by molar-refractivity contribution is 0.0692. The molecule has 3 nitrogen and oxygen atoms in total. The molecule has 1 rings (SSSR count). The summed E-state index contributed by atoms with van der Waals surface area (Å²) < 4.78 is 29.6. The van der Waals surface area contributed by atoms with Crippen molar-refractivity contribution >= 4 is 10.1 Å². The summed E-state index contributed by atoms with van der Waals surface area (Å²) in [6.45, 7) is 9.80. The molecule has 0 radical (unpaired) electrons. The lowest BCUT2D eigenvalue weighted by Gasteiger charge is -2.31. The van der Waals surface area contributed by atoms with Crippen molar-refractivity contribution in [1.29, 1.82) is 0 Å². The Hall–Kier alpha value is -0.870. The molecule has 4 heteroatoms. The average Bonchev–Trinajstić information content (AvgIpc) is 2.13. The highest BCUT2D eigenvalue weighted by Gasteiger charge is 2.32. The molecule has 0 aromatic heterocycles. The molecule has 0 spiro atoms. The van der Waals surface area contributed by atoms with Gasteiger partial charge in [0.15, 0.2) is 0 Å². The van der Waals surface area contributed by atoms with Crippen LogP contribution in [-0.4, -0.2) is 14.0 Å². The Kier molecular flexibility index (Phi) is 4.23. The van der Waals surface area contributed by atoms with Gasteiger partial charge in [-0.15, -0.1) is 0 Å². The van der Waals surface area contributed by atoms with E-state index >= 15 is 0 Å². The summed E-state index contributed by atoms with van der Waals surface area (Å²) in [5.74, 6) is 0. The normalized spacial score (nSPS) is 13.6. The fourth-order valence-electron chi connectivity index (χ4n) is 2.24. The number of hydrogen-bond acceptors (Lipinski definition) is 3. The van der Waals surface area contributed by atoms with Gasteiger partial charge in [0, 0.05) is 0 Å². The second-order valence-corrected chi connectivity index (χ2v) is 7.89. The van der Waals surface area contributed by atoms with Gasteiger partial charge in [-0.25, -0.2) is 0 Å². The maximum atomic E-state index is 12.1. The van der Waals surface area contributed by atoms with Crippen LogP contribution in [0.1, 0.15) is 41.0 Å². The van der Waals surface area contributed by atoms with Crippen molar-refractivity contribution in [3.8, 4) is 0 Å². The zero-order valence-corrected chi connectivity index (χ0v) is 12.5. The fourth-order valence-corrected chi connectivity index (χ4v) is 3.48. The molecule has 0 unspecified atom stereocenters. The molecule has 0 amide bonds. The molecule has 18 heavy (non-hydrogen) atoms. The Morgan fingerprint density at radius 2 is 1.50 bits per heavy atom. The zero-order chi connectivity index (χ0) is 14.0. The fraction of sp³-hybridized carbons (Fsp3) is 0.571. The van der Waals surface area contributed by atoms with Crippen LogP contribution in [0.2, 0.25) is 0 Å². The highest BCUT2D eigenvalue weighted by atomic mass is 32.2. The van der Waals surface area contributed by atoms with Crippen LogP contribution in [0.15, 0.2) is 35.2 Å². The molecule has 0 atom stereocenters. The predicted octanol–water partition coefficient (Wildman–Crippen LogP) is 3.61. The molecule has 1 aromatic rings. The smallest absolute Gasteiger partial charge is 0.260 e. The minimum Gasteiger partial charge on any atom is -0.260 e. The lowest BCUT2D eigenvalue weighted by atomic mass is 9.84. The molecule has 0 aliphatic heterocycles. The van der Waals surface area contributed by atoms with Crippen molar-refractivity contribution < 1.29 is 12.6 Å². The Labute approximate surface area is 110 Å². The van der Waals surface area contributed by atoms with Crippen LogP contribution in [0, 0.1) is 5.41 Å². The summed E-state index contributed by atoms with van der Waals surface area (Å²) in [5, 5.41) is 0. The second kappa shape index (κ2) is 5.02. The highest BCUT2D eigenvalue weighted by Crippen LogP contribution is 2.32. The molecule has 0 aliphatic carbocycles. The summed E-state index contributed by atoms with van der Waals surface area (Å²) in [7, 11) is -3.69.